The summed E-state index contributed by atoms with van der Waals surface area (Å²) in [5.74, 6) is 3.42. The Morgan fingerprint density at radius 2 is 2.50 bits per heavy atom. The third-order valence-electron chi connectivity index (χ3n) is 2.29. The topological polar surface area (TPSA) is 29.1 Å². The average molecular weight is 159 g/mol. The largest absolute Gasteiger partial charge is 0.352 e. The molecule has 10 heavy (non-hydrogen) atoms. The predicted octanol–water partition coefficient (Wildman–Crippen LogP) is 0.874. The summed E-state index contributed by atoms with van der Waals surface area (Å²) in [6, 6.07) is 0.506. The number of hydrogen-bond acceptors (Lipinski definition) is 2. The second kappa shape index (κ2) is 2.46. The minimum atomic E-state index is 0. The zero-order valence-corrected chi connectivity index (χ0v) is 6.62. The van der Waals surface area contributed by atoms with Crippen molar-refractivity contribution in [3.8, 4) is 0 Å². The lowest BCUT2D eigenvalue weighted by molar-refractivity contribution is -0.123. The third kappa shape index (κ3) is 1.03. The molecule has 0 bridgehead atoms. The minimum Gasteiger partial charge on any atom is -0.352 e. The molecule has 2 rings (SSSR count). The molecule has 2 saturated heterocycles. The molecule has 0 aromatic heterocycles. The molecule has 2 nitrogen and oxygen atoms in total. The van der Waals surface area contributed by atoms with Crippen molar-refractivity contribution < 1.29 is 6.22 Å². The Morgan fingerprint density at radius 1 is 1.60 bits per heavy atom. The SMILES string of the molecule is O=C1CCC2CSCC2N1.[HH]. The number of amides is 1. The van der Waals surface area contributed by atoms with E-state index in [2.05, 4.69) is 5.32 Å². The maximum Gasteiger partial charge on any atom is 0.220 e. The van der Waals surface area contributed by atoms with Gasteiger partial charge in [0.25, 0.3) is 0 Å². The van der Waals surface area contributed by atoms with Gasteiger partial charge in [0.1, 0.15) is 0 Å². The Bertz CT molecular complexity index is 165. The van der Waals surface area contributed by atoms with E-state index in [9.17, 15) is 4.79 Å². The van der Waals surface area contributed by atoms with E-state index in [0.717, 1.165) is 24.5 Å². The minimum absolute atomic E-state index is 0. The van der Waals surface area contributed by atoms with Gasteiger partial charge in [-0.05, 0) is 18.1 Å². The lowest BCUT2D eigenvalue weighted by atomic mass is 9.94. The van der Waals surface area contributed by atoms with E-state index >= 15 is 0 Å². The number of rotatable bonds is 0. The summed E-state index contributed by atoms with van der Waals surface area (Å²) in [6.07, 6.45) is 1.87. The highest BCUT2D eigenvalue weighted by atomic mass is 32.2. The van der Waals surface area contributed by atoms with Crippen molar-refractivity contribution in [2.45, 2.75) is 18.9 Å². The number of carbonyl (C=O) groups excluding carboxylic acids is 1. The van der Waals surface area contributed by atoms with Crippen LogP contribution in [0.15, 0.2) is 0 Å². The lowest BCUT2D eigenvalue weighted by Gasteiger charge is -2.24. The fraction of sp³-hybridized carbons (Fsp3) is 0.857. The highest BCUT2D eigenvalue weighted by Crippen LogP contribution is 2.30. The predicted molar refractivity (Wildman–Crippen MR) is 44.1 cm³/mol. The van der Waals surface area contributed by atoms with Crippen LogP contribution in [-0.4, -0.2) is 23.5 Å². The zero-order valence-electron chi connectivity index (χ0n) is 5.80. The van der Waals surface area contributed by atoms with Gasteiger partial charge in [-0.25, -0.2) is 0 Å². The number of piperidine rings is 1. The first-order valence-electron chi connectivity index (χ1n) is 3.73. The molecule has 2 aliphatic heterocycles. The Balaban J connectivity index is 0.000000605. The van der Waals surface area contributed by atoms with E-state index in [4.69, 9.17) is 0 Å². The van der Waals surface area contributed by atoms with Gasteiger partial charge in [0.05, 0.1) is 0 Å². The van der Waals surface area contributed by atoms with E-state index in [0.29, 0.717) is 6.04 Å². The summed E-state index contributed by atoms with van der Waals surface area (Å²) in [5, 5.41) is 3.02. The molecule has 2 aliphatic rings. The van der Waals surface area contributed by atoms with Crippen molar-refractivity contribution in [1.82, 2.24) is 5.32 Å². The van der Waals surface area contributed by atoms with Crippen molar-refractivity contribution in [3.05, 3.63) is 0 Å². The van der Waals surface area contributed by atoms with Gasteiger partial charge in [0.2, 0.25) is 5.91 Å². The fourth-order valence-corrected chi connectivity index (χ4v) is 3.09. The van der Waals surface area contributed by atoms with E-state index in [-0.39, 0.29) is 7.33 Å². The maximum atomic E-state index is 10.9. The molecule has 1 N–H and O–H groups in total. The van der Waals surface area contributed by atoms with Crippen molar-refractivity contribution >= 4 is 17.7 Å². The molecular formula is C7H13NOS. The number of carbonyl (C=O) groups is 1. The van der Waals surface area contributed by atoms with Gasteiger partial charge < -0.3 is 5.32 Å². The van der Waals surface area contributed by atoms with Gasteiger partial charge in [-0.3, -0.25) is 4.79 Å². The lowest BCUT2D eigenvalue weighted by Crippen LogP contribution is -2.44. The summed E-state index contributed by atoms with van der Waals surface area (Å²) in [6.45, 7) is 0. The molecule has 58 valence electrons. The number of hydrogen-bond donors (Lipinski definition) is 1. The Labute approximate surface area is 66.2 Å². The van der Waals surface area contributed by atoms with Crippen LogP contribution in [0.2, 0.25) is 0 Å². The standard InChI is InChI=1S/C7H11NOS.H2/c9-7-2-1-5-3-10-4-6(5)8-7;/h5-6H,1-4H2,(H,8,9);1H. The van der Waals surface area contributed by atoms with Crippen LogP contribution in [0.25, 0.3) is 0 Å². The van der Waals surface area contributed by atoms with Crippen LogP contribution in [0.3, 0.4) is 0 Å². The van der Waals surface area contributed by atoms with Crippen molar-refractivity contribution in [2.24, 2.45) is 5.92 Å². The van der Waals surface area contributed by atoms with Gasteiger partial charge in [-0.15, -0.1) is 0 Å². The highest BCUT2D eigenvalue weighted by molar-refractivity contribution is 7.99. The second-order valence-corrected chi connectivity index (χ2v) is 4.09. The molecule has 0 aromatic carbocycles. The molecule has 2 atom stereocenters. The van der Waals surface area contributed by atoms with Crippen molar-refractivity contribution in [2.75, 3.05) is 11.5 Å². The Morgan fingerprint density at radius 3 is 3.40 bits per heavy atom. The van der Waals surface area contributed by atoms with Crippen LogP contribution in [-0.2, 0) is 4.79 Å². The molecular weight excluding hydrogens is 146 g/mol. The monoisotopic (exact) mass is 159 g/mol. The first-order chi connectivity index (χ1) is 4.86. The first kappa shape index (κ1) is 6.53. The molecule has 3 heteroatoms. The quantitative estimate of drug-likeness (QED) is 0.568. The molecule has 2 heterocycles. The molecule has 2 unspecified atom stereocenters. The van der Waals surface area contributed by atoms with Gasteiger partial charge in [-0.2, -0.15) is 11.8 Å². The van der Waals surface area contributed by atoms with Gasteiger partial charge in [0.15, 0.2) is 0 Å². The van der Waals surface area contributed by atoms with E-state index < -0.39 is 0 Å². The van der Waals surface area contributed by atoms with E-state index in [1.807, 2.05) is 11.8 Å². The number of fused-ring (bicyclic) bond motifs is 1. The summed E-state index contributed by atoms with van der Waals surface area (Å²) in [4.78, 5) is 10.9. The Hall–Kier alpha value is -0.180. The molecule has 2 fully saturated rings. The summed E-state index contributed by atoms with van der Waals surface area (Å²) in [7, 11) is 0. The van der Waals surface area contributed by atoms with Gasteiger partial charge >= 0.3 is 0 Å². The Kier molecular flexibility index (Phi) is 1.60. The van der Waals surface area contributed by atoms with Crippen LogP contribution in [0, 0.1) is 5.92 Å². The fourth-order valence-electron chi connectivity index (χ4n) is 1.64. The third-order valence-corrected chi connectivity index (χ3v) is 3.55. The highest BCUT2D eigenvalue weighted by Gasteiger charge is 2.32. The molecule has 0 aromatic rings. The molecule has 0 radical (unpaired) electrons. The van der Waals surface area contributed by atoms with E-state index in [1.54, 1.807) is 0 Å². The molecule has 0 spiro atoms. The van der Waals surface area contributed by atoms with Crippen molar-refractivity contribution in [3.63, 3.8) is 0 Å². The smallest absolute Gasteiger partial charge is 0.220 e. The maximum absolute atomic E-state index is 10.9. The van der Waals surface area contributed by atoms with Gasteiger partial charge in [0, 0.05) is 19.6 Å². The normalized spacial score (nSPS) is 39.0. The van der Waals surface area contributed by atoms with Crippen LogP contribution in [0.1, 0.15) is 14.3 Å². The number of nitrogens with one attached hydrogen (secondary N) is 1. The van der Waals surface area contributed by atoms with Gasteiger partial charge in [-0.1, -0.05) is 0 Å². The van der Waals surface area contributed by atoms with Crippen LogP contribution in [0.4, 0.5) is 0 Å². The first-order valence-corrected chi connectivity index (χ1v) is 4.89. The zero-order chi connectivity index (χ0) is 6.97. The van der Waals surface area contributed by atoms with E-state index in [1.165, 1.54) is 5.75 Å². The van der Waals surface area contributed by atoms with Crippen LogP contribution < -0.4 is 5.32 Å². The second-order valence-electron chi connectivity index (χ2n) is 3.01. The summed E-state index contributed by atoms with van der Waals surface area (Å²) >= 11 is 1.97. The average Bonchev–Trinajstić information content (AvgIpc) is 2.33. The molecule has 1 amide bonds. The van der Waals surface area contributed by atoms with Crippen LogP contribution in [0.5, 0.6) is 0 Å². The van der Waals surface area contributed by atoms with Crippen LogP contribution >= 0.6 is 11.8 Å². The molecule has 0 aliphatic carbocycles. The summed E-state index contributed by atoms with van der Waals surface area (Å²) in [5.41, 5.74) is 0. The molecule has 0 saturated carbocycles. The summed E-state index contributed by atoms with van der Waals surface area (Å²) < 4.78 is 0. The van der Waals surface area contributed by atoms with Crippen molar-refractivity contribution in [1.29, 1.82) is 0 Å². The number of thioether (sulfide) groups is 1.